The molecule has 0 spiro atoms. The number of hydrogen-bond acceptors (Lipinski definition) is 5. The summed E-state index contributed by atoms with van der Waals surface area (Å²) in [6, 6.07) is 4.09. The Morgan fingerprint density at radius 2 is 1.85 bits per heavy atom. The van der Waals surface area contributed by atoms with E-state index >= 15 is 0 Å². The summed E-state index contributed by atoms with van der Waals surface area (Å²) in [5.41, 5.74) is 0.883. The van der Waals surface area contributed by atoms with Crippen LogP contribution in [0.15, 0.2) is 30.4 Å². The lowest BCUT2D eigenvalue weighted by atomic mass is 9.85. The van der Waals surface area contributed by atoms with E-state index in [0.29, 0.717) is 11.3 Å². The van der Waals surface area contributed by atoms with Gasteiger partial charge in [-0.25, -0.2) is 0 Å². The second kappa shape index (κ2) is 5.76. The Bertz CT molecular complexity index is 848. The lowest BCUT2D eigenvalue weighted by Gasteiger charge is -2.17. The summed E-state index contributed by atoms with van der Waals surface area (Å²) in [7, 11) is 0. The fraction of sp³-hybridized carbons (Fsp3) is 0.389. The zero-order valence-corrected chi connectivity index (χ0v) is 14.0. The number of nitro benzene ring substituents is 1. The van der Waals surface area contributed by atoms with Crippen LogP contribution in [0.25, 0.3) is 0 Å². The van der Waals surface area contributed by atoms with Crippen molar-refractivity contribution in [3.63, 3.8) is 0 Å². The first-order chi connectivity index (χ1) is 12.4. The number of aryl methyl sites for hydroxylation is 1. The van der Waals surface area contributed by atoms with Crippen LogP contribution in [-0.2, 0) is 14.4 Å². The number of carbonyl (C=O) groups is 3. The van der Waals surface area contributed by atoms with Crippen LogP contribution in [0.1, 0.15) is 12.0 Å². The van der Waals surface area contributed by atoms with Crippen molar-refractivity contribution >= 4 is 29.1 Å². The molecule has 4 rings (SSSR count). The van der Waals surface area contributed by atoms with Gasteiger partial charge in [-0.1, -0.05) is 12.2 Å². The van der Waals surface area contributed by atoms with Crippen molar-refractivity contribution in [1.82, 2.24) is 4.90 Å². The highest BCUT2D eigenvalue weighted by molar-refractivity contribution is 6.09. The molecule has 8 nitrogen and oxygen atoms in total. The molecular weight excluding hydrogens is 338 g/mol. The molecule has 4 atom stereocenters. The van der Waals surface area contributed by atoms with Crippen molar-refractivity contribution in [2.45, 2.75) is 13.3 Å². The number of nitrogens with zero attached hydrogens (tertiary/aromatic N) is 2. The Kier molecular flexibility index (Phi) is 3.64. The number of rotatable bonds is 4. The number of amides is 3. The van der Waals surface area contributed by atoms with E-state index in [4.69, 9.17) is 0 Å². The highest BCUT2D eigenvalue weighted by Crippen LogP contribution is 2.52. The maximum absolute atomic E-state index is 12.6. The number of anilines is 1. The first kappa shape index (κ1) is 16.4. The predicted octanol–water partition coefficient (Wildman–Crippen LogP) is 1.65. The highest BCUT2D eigenvalue weighted by atomic mass is 16.6. The molecule has 1 aromatic rings. The Morgan fingerprint density at radius 3 is 2.38 bits per heavy atom. The summed E-state index contributed by atoms with van der Waals surface area (Å²) in [5, 5.41) is 13.4. The molecule has 0 aromatic heterocycles. The summed E-state index contributed by atoms with van der Waals surface area (Å²) in [6.07, 6.45) is 4.84. The molecule has 2 bridgehead atoms. The highest BCUT2D eigenvalue weighted by Gasteiger charge is 2.59. The number of hydrogen-bond donors (Lipinski definition) is 1. The Hall–Kier alpha value is -3.03. The molecular formula is C18H17N3O5. The van der Waals surface area contributed by atoms with E-state index in [1.54, 1.807) is 6.92 Å². The zero-order chi connectivity index (χ0) is 18.6. The van der Waals surface area contributed by atoms with Crippen molar-refractivity contribution in [2.75, 3.05) is 11.9 Å². The number of likely N-dealkylation sites (tertiary alicyclic amines) is 1. The van der Waals surface area contributed by atoms with Crippen molar-refractivity contribution in [3.8, 4) is 0 Å². The second-order valence-electron chi connectivity index (χ2n) is 7.07. The molecule has 1 saturated carbocycles. The van der Waals surface area contributed by atoms with E-state index in [1.165, 1.54) is 18.2 Å². The SMILES string of the molecule is Cc1cc([N+](=O)[O-])ccc1NC(=O)CN1C(=O)C2C3C=CC(C3)C2C1=O. The lowest BCUT2D eigenvalue weighted by molar-refractivity contribution is -0.384. The van der Waals surface area contributed by atoms with Crippen molar-refractivity contribution in [3.05, 3.63) is 46.0 Å². The third kappa shape index (κ3) is 2.40. The van der Waals surface area contributed by atoms with Crippen LogP contribution in [0, 0.1) is 40.7 Å². The van der Waals surface area contributed by atoms with Crippen LogP contribution in [0.2, 0.25) is 0 Å². The minimum absolute atomic E-state index is 0.0683. The normalized spacial score (nSPS) is 28.6. The molecule has 1 aliphatic heterocycles. The molecule has 1 heterocycles. The average molecular weight is 355 g/mol. The van der Waals surface area contributed by atoms with E-state index in [0.717, 1.165) is 11.3 Å². The standard InChI is InChI=1S/C18H17N3O5/c1-9-6-12(21(25)26)4-5-13(9)19-14(22)8-20-17(23)15-10-2-3-11(7-10)16(15)18(20)24/h2-6,10-11,15-16H,7-8H2,1H3,(H,19,22). The van der Waals surface area contributed by atoms with Gasteiger partial charge in [-0.3, -0.25) is 29.4 Å². The third-order valence-electron chi connectivity index (χ3n) is 5.56. The number of carbonyl (C=O) groups excluding carboxylic acids is 3. The van der Waals surface area contributed by atoms with Crippen LogP contribution in [0.3, 0.4) is 0 Å². The maximum Gasteiger partial charge on any atom is 0.269 e. The second-order valence-corrected chi connectivity index (χ2v) is 7.07. The molecule has 134 valence electrons. The summed E-state index contributed by atoms with van der Waals surface area (Å²) >= 11 is 0. The monoisotopic (exact) mass is 355 g/mol. The quantitative estimate of drug-likeness (QED) is 0.382. The molecule has 2 fully saturated rings. The van der Waals surface area contributed by atoms with Gasteiger partial charge in [0.15, 0.2) is 0 Å². The fourth-order valence-electron chi connectivity index (χ4n) is 4.35. The van der Waals surface area contributed by atoms with Gasteiger partial charge >= 0.3 is 0 Å². The van der Waals surface area contributed by atoms with Crippen molar-refractivity contribution in [1.29, 1.82) is 0 Å². The van der Waals surface area contributed by atoms with Gasteiger partial charge in [0.1, 0.15) is 6.54 Å². The number of nitrogens with one attached hydrogen (secondary N) is 1. The summed E-state index contributed by atoms with van der Waals surface area (Å²) in [6.45, 7) is 1.31. The molecule has 1 N–H and O–H groups in total. The van der Waals surface area contributed by atoms with Crippen LogP contribution in [-0.4, -0.2) is 34.1 Å². The molecule has 4 unspecified atom stereocenters. The van der Waals surface area contributed by atoms with Crippen LogP contribution in [0.4, 0.5) is 11.4 Å². The molecule has 1 aromatic carbocycles. The van der Waals surface area contributed by atoms with Gasteiger partial charge in [-0.2, -0.15) is 0 Å². The molecule has 1 saturated heterocycles. The summed E-state index contributed by atoms with van der Waals surface area (Å²) in [4.78, 5) is 48.8. The van der Waals surface area contributed by atoms with E-state index in [2.05, 4.69) is 5.32 Å². The van der Waals surface area contributed by atoms with Gasteiger partial charge in [-0.15, -0.1) is 0 Å². The molecule has 3 aliphatic rings. The van der Waals surface area contributed by atoms with Gasteiger partial charge < -0.3 is 5.32 Å². The van der Waals surface area contributed by atoms with Gasteiger partial charge in [-0.05, 0) is 36.8 Å². The van der Waals surface area contributed by atoms with Gasteiger partial charge in [0, 0.05) is 17.8 Å². The minimum atomic E-state index is -0.513. The zero-order valence-electron chi connectivity index (χ0n) is 14.0. The first-order valence-electron chi connectivity index (χ1n) is 8.45. The summed E-state index contributed by atoms with van der Waals surface area (Å²) in [5.74, 6) is -1.49. The Labute approximate surface area is 149 Å². The fourth-order valence-corrected chi connectivity index (χ4v) is 4.35. The largest absolute Gasteiger partial charge is 0.324 e. The predicted molar refractivity (Wildman–Crippen MR) is 90.9 cm³/mol. The van der Waals surface area contributed by atoms with Gasteiger partial charge in [0.05, 0.1) is 16.8 Å². The van der Waals surface area contributed by atoms with Gasteiger partial charge in [0.2, 0.25) is 17.7 Å². The molecule has 8 heteroatoms. The first-order valence-corrected chi connectivity index (χ1v) is 8.45. The third-order valence-corrected chi connectivity index (χ3v) is 5.56. The number of imide groups is 1. The van der Waals surface area contributed by atoms with E-state index in [9.17, 15) is 24.5 Å². The Morgan fingerprint density at radius 1 is 1.23 bits per heavy atom. The maximum atomic E-state index is 12.6. The number of allylic oxidation sites excluding steroid dienone is 2. The minimum Gasteiger partial charge on any atom is -0.324 e. The van der Waals surface area contributed by atoms with Crippen molar-refractivity contribution < 1.29 is 19.3 Å². The molecule has 26 heavy (non-hydrogen) atoms. The average Bonchev–Trinajstić information content (AvgIpc) is 3.26. The molecule has 2 aliphatic carbocycles. The number of nitro groups is 1. The van der Waals surface area contributed by atoms with Gasteiger partial charge in [0.25, 0.3) is 5.69 Å². The van der Waals surface area contributed by atoms with Crippen LogP contribution < -0.4 is 5.32 Å². The van der Waals surface area contributed by atoms with Crippen LogP contribution >= 0.6 is 0 Å². The molecule has 0 radical (unpaired) electrons. The van der Waals surface area contributed by atoms with Crippen LogP contribution in [0.5, 0.6) is 0 Å². The van der Waals surface area contributed by atoms with E-state index < -0.39 is 10.8 Å². The number of benzene rings is 1. The topological polar surface area (TPSA) is 110 Å². The number of non-ortho nitro benzene ring substituents is 1. The summed E-state index contributed by atoms with van der Waals surface area (Å²) < 4.78 is 0. The Balaban J connectivity index is 1.45. The van der Waals surface area contributed by atoms with E-state index in [1.807, 2.05) is 12.2 Å². The smallest absolute Gasteiger partial charge is 0.269 e. The van der Waals surface area contributed by atoms with E-state index in [-0.39, 0.29) is 47.7 Å². The molecule has 3 amide bonds. The lowest BCUT2D eigenvalue weighted by Crippen LogP contribution is -2.39. The number of fused-ring (bicyclic) bond motifs is 5. The van der Waals surface area contributed by atoms with Crippen molar-refractivity contribution in [2.24, 2.45) is 23.7 Å².